The highest BCUT2D eigenvalue weighted by molar-refractivity contribution is 7.51. The fourth-order valence-electron chi connectivity index (χ4n) is 5.41. The van der Waals surface area contributed by atoms with E-state index in [-0.39, 0.29) is 12.3 Å². The van der Waals surface area contributed by atoms with E-state index in [1.807, 2.05) is 49.4 Å². The van der Waals surface area contributed by atoms with Crippen LogP contribution in [-0.4, -0.2) is 46.2 Å². The number of unbranched alkanes of at least 4 members (excludes halogenated alkanes) is 12. The fraction of sp³-hybridized carbons (Fsp3) is 0.629. The van der Waals surface area contributed by atoms with Gasteiger partial charge in [-0.05, 0) is 60.7 Å². The van der Waals surface area contributed by atoms with E-state index in [2.05, 4.69) is 12.2 Å². The predicted octanol–water partition coefficient (Wildman–Crippen LogP) is 7.63. The molecule has 0 aliphatic carbocycles. The van der Waals surface area contributed by atoms with Crippen LogP contribution in [0.4, 0.5) is 0 Å². The van der Waals surface area contributed by atoms with Crippen molar-refractivity contribution in [3.63, 3.8) is 0 Å². The van der Waals surface area contributed by atoms with Gasteiger partial charge in [0.1, 0.15) is 18.1 Å². The molecule has 2 aromatic rings. The van der Waals surface area contributed by atoms with E-state index in [1.54, 1.807) is 7.11 Å². The van der Waals surface area contributed by atoms with Crippen LogP contribution < -0.4 is 14.8 Å². The van der Waals surface area contributed by atoms with Crippen LogP contribution in [0.3, 0.4) is 0 Å². The lowest BCUT2D eigenvalue weighted by molar-refractivity contribution is -0.122. The van der Waals surface area contributed by atoms with Crippen molar-refractivity contribution in [2.24, 2.45) is 0 Å². The Labute approximate surface area is 265 Å². The lowest BCUT2D eigenvalue weighted by Crippen LogP contribution is -2.46. The Morgan fingerprint density at radius 1 is 0.841 bits per heavy atom. The fourth-order valence-corrected chi connectivity index (χ4v) is 6.15. The molecule has 0 unspecified atom stereocenters. The number of hydrogen-bond acceptors (Lipinski definition) is 5. The Kier molecular flexibility index (Phi) is 18.4. The van der Waals surface area contributed by atoms with Crippen LogP contribution in [0.5, 0.6) is 11.5 Å². The molecule has 0 heterocycles. The van der Waals surface area contributed by atoms with Gasteiger partial charge in [-0.3, -0.25) is 9.36 Å². The van der Waals surface area contributed by atoms with Gasteiger partial charge in [0.05, 0.1) is 25.4 Å². The van der Waals surface area contributed by atoms with Crippen molar-refractivity contribution < 1.29 is 33.7 Å². The van der Waals surface area contributed by atoms with Gasteiger partial charge < -0.3 is 29.7 Å². The smallest absolute Gasteiger partial charge is 0.328 e. The van der Waals surface area contributed by atoms with Gasteiger partial charge >= 0.3 is 7.60 Å². The number of benzene rings is 2. The third kappa shape index (κ3) is 16.6. The van der Waals surface area contributed by atoms with E-state index in [9.17, 15) is 24.3 Å². The summed E-state index contributed by atoms with van der Waals surface area (Å²) in [6, 6.07) is 12.4. The van der Waals surface area contributed by atoms with Crippen molar-refractivity contribution in [3.05, 3.63) is 59.2 Å². The molecule has 0 fully saturated rings. The van der Waals surface area contributed by atoms with Gasteiger partial charge in [-0.2, -0.15) is 0 Å². The first kappa shape index (κ1) is 37.8. The van der Waals surface area contributed by atoms with Gasteiger partial charge in [0.2, 0.25) is 5.91 Å². The van der Waals surface area contributed by atoms with Crippen molar-refractivity contribution >= 4 is 13.5 Å². The largest absolute Gasteiger partial charge is 0.496 e. The standard InChI is InChI=1S/C35H56NO7P/c1-4-5-6-7-8-9-10-11-12-13-14-15-16-17-35(38)36-32(33(37)27-44(39,40)41)25-29-18-21-31(22-19-29)43-26-30-20-23-34(42-3)28(2)24-30/h18-24,32-33,37H,4-17,25-27H2,1-3H3,(H,36,38)(H2,39,40,41)/t32-,33+/m0/s1. The third-order valence-corrected chi connectivity index (χ3v) is 8.84. The van der Waals surface area contributed by atoms with Crippen molar-refractivity contribution in [1.29, 1.82) is 0 Å². The number of nitrogens with one attached hydrogen (secondary N) is 1. The summed E-state index contributed by atoms with van der Waals surface area (Å²) < 4.78 is 22.8. The summed E-state index contributed by atoms with van der Waals surface area (Å²) in [6.45, 7) is 4.61. The molecule has 2 atom stereocenters. The summed E-state index contributed by atoms with van der Waals surface area (Å²) in [4.78, 5) is 31.6. The normalized spacial score (nSPS) is 13.0. The highest BCUT2D eigenvalue weighted by Gasteiger charge is 2.28. The van der Waals surface area contributed by atoms with Gasteiger partial charge in [-0.15, -0.1) is 0 Å². The molecule has 44 heavy (non-hydrogen) atoms. The molecule has 0 saturated carbocycles. The molecule has 9 heteroatoms. The molecule has 0 saturated heterocycles. The molecular weight excluding hydrogens is 577 g/mol. The Hall–Kier alpha value is -2.38. The molecule has 8 nitrogen and oxygen atoms in total. The molecule has 0 spiro atoms. The van der Waals surface area contributed by atoms with Crippen LogP contribution in [0.1, 0.15) is 114 Å². The maximum Gasteiger partial charge on any atom is 0.328 e. The van der Waals surface area contributed by atoms with Crippen LogP contribution in [0.15, 0.2) is 42.5 Å². The number of ether oxygens (including phenoxy) is 2. The summed E-state index contributed by atoms with van der Waals surface area (Å²) in [6.07, 6.45) is 14.4. The molecule has 0 aromatic heterocycles. The minimum atomic E-state index is -4.46. The predicted molar refractivity (Wildman–Crippen MR) is 177 cm³/mol. The van der Waals surface area contributed by atoms with E-state index in [1.165, 1.54) is 64.2 Å². The summed E-state index contributed by atoms with van der Waals surface area (Å²) >= 11 is 0. The van der Waals surface area contributed by atoms with E-state index >= 15 is 0 Å². The van der Waals surface area contributed by atoms with Crippen molar-refractivity contribution in [2.45, 2.75) is 129 Å². The monoisotopic (exact) mass is 633 g/mol. The van der Waals surface area contributed by atoms with Crippen molar-refractivity contribution in [1.82, 2.24) is 5.32 Å². The SMILES string of the molecule is CCCCCCCCCCCCCCCC(=O)N[C@@H](Cc1ccc(OCc2ccc(OC)c(C)c2)cc1)[C@H](O)CP(=O)(O)O. The molecule has 2 rings (SSSR count). The van der Waals surface area contributed by atoms with Crippen molar-refractivity contribution in [3.8, 4) is 11.5 Å². The molecular formula is C35H56NO7P. The van der Waals surface area contributed by atoms with Crippen LogP contribution in [-0.2, 0) is 22.4 Å². The number of carbonyl (C=O) groups excluding carboxylic acids is 1. The maximum absolute atomic E-state index is 12.7. The number of methoxy groups -OCH3 is 1. The molecule has 0 radical (unpaired) electrons. The molecule has 248 valence electrons. The topological polar surface area (TPSA) is 125 Å². The maximum atomic E-state index is 12.7. The number of carbonyl (C=O) groups is 1. The first-order valence-electron chi connectivity index (χ1n) is 16.5. The summed E-state index contributed by atoms with van der Waals surface area (Å²) in [7, 11) is -2.82. The molecule has 0 aliphatic rings. The van der Waals surface area contributed by atoms with Gasteiger partial charge in [0, 0.05) is 6.42 Å². The highest BCUT2D eigenvalue weighted by Crippen LogP contribution is 2.36. The average molecular weight is 634 g/mol. The second kappa shape index (κ2) is 21.4. The minimum Gasteiger partial charge on any atom is -0.496 e. The van der Waals surface area contributed by atoms with Crippen LogP contribution in [0.25, 0.3) is 0 Å². The van der Waals surface area contributed by atoms with Crippen LogP contribution >= 0.6 is 7.60 Å². The Morgan fingerprint density at radius 2 is 1.39 bits per heavy atom. The van der Waals surface area contributed by atoms with E-state index in [0.29, 0.717) is 18.8 Å². The zero-order valence-electron chi connectivity index (χ0n) is 27.1. The first-order valence-corrected chi connectivity index (χ1v) is 18.3. The number of aliphatic hydroxyl groups is 1. The Bertz CT molecular complexity index is 1120. The number of aliphatic hydroxyl groups excluding tert-OH is 1. The van der Waals surface area contributed by atoms with Crippen molar-refractivity contribution in [2.75, 3.05) is 13.3 Å². The number of aryl methyl sites for hydroxylation is 1. The third-order valence-electron chi connectivity index (χ3n) is 7.99. The number of hydrogen-bond donors (Lipinski definition) is 4. The Morgan fingerprint density at radius 3 is 1.91 bits per heavy atom. The second-order valence-electron chi connectivity index (χ2n) is 12.0. The van der Waals surface area contributed by atoms with E-state index in [4.69, 9.17) is 9.47 Å². The van der Waals surface area contributed by atoms with Gasteiger partial charge in [0.25, 0.3) is 0 Å². The van der Waals surface area contributed by atoms with Gasteiger partial charge in [-0.1, -0.05) is 102 Å². The minimum absolute atomic E-state index is 0.211. The van der Waals surface area contributed by atoms with Gasteiger partial charge in [0.15, 0.2) is 0 Å². The van der Waals surface area contributed by atoms with E-state index in [0.717, 1.165) is 41.7 Å². The average Bonchev–Trinajstić information content (AvgIpc) is 2.98. The zero-order valence-corrected chi connectivity index (χ0v) is 28.0. The van der Waals surface area contributed by atoms with E-state index < -0.39 is 25.9 Å². The lowest BCUT2D eigenvalue weighted by atomic mass is 10.0. The molecule has 1 amide bonds. The Balaban J connectivity index is 1.76. The summed E-state index contributed by atoms with van der Waals surface area (Å²) in [5.74, 6) is 1.28. The molecule has 0 aliphatic heterocycles. The second-order valence-corrected chi connectivity index (χ2v) is 13.7. The lowest BCUT2D eigenvalue weighted by Gasteiger charge is -2.25. The van der Waals surface area contributed by atoms with Gasteiger partial charge in [-0.25, -0.2) is 0 Å². The molecule has 0 bridgehead atoms. The number of amides is 1. The summed E-state index contributed by atoms with van der Waals surface area (Å²) in [5.41, 5.74) is 2.85. The van der Waals surface area contributed by atoms with Crippen LogP contribution in [0, 0.1) is 6.92 Å². The summed E-state index contributed by atoms with van der Waals surface area (Å²) in [5, 5.41) is 13.5. The first-order chi connectivity index (χ1) is 21.1. The highest BCUT2D eigenvalue weighted by atomic mass is 31.2. The zero-order chi connectivity index (χ0) is 32.2. The van der Waals surface area contributed by atoms with Crippen LogP contribution in [0.2, 0.25) is 0 Å². The molecule has 4 N–H and O–H groups in total. The number of rotatable bonds is 24. The molecule has 2 aromatic carbocycles. The quantitative estimate of drug-likeness (QED) is 0.0692.